The van der Waals surface area contributed by atoms with Crippen LogP contribution in [-0.2, 0) is 9.84 Å². The van der Waals surface area contributed by atoms with Crippen molar-refractivity contribution in [3.05, 3.63) is 58.1 Å². The number of nitro groups is 1. The van der Waals surface area contributed by atoms with E-state index in [2.05, 4.69) is 0 Å². The Morgan fingerprint density at radius 1 is 1.17 bits per heavy atom. The molecule has 0 saturated carbocycles. The zero-order chi connectivity index (χ0) is 21.0. The summed E-state index contributed by atoms with van der Waals surface area (Å²) in [7, 11) is -3.49. The third kappa shape index (κ3) is 5.45. The van der Waals surface area contributed by atoms with Crippen molar-refractivity contribution in [1.82, 2.24) is 0 Å². The van der Waals surface area contributed by atoms with Gasteiger partial charge in [-0.05, 0) is 36.8 Å². The van der Waals surface area contributed by atoms with E-state index in [9.17, 15) is 18.5 Å². The van der Waals surface area contributed by atoms with Gasteiger partial charge in [-0.15, -0.1) is 0 Å². The first-order valence-electron chi connectivity index (χ1n) is 9.50. The first-order chi connectivity index (χ1) is 13.7. The number of nitro benzene ring substituents is 1. The van der Waals surface area contributed by atoms with Crippen molar-refractivity contribution in [2.24, 2.45) is 0 Å². The van der Waals surface area contributed by atoms with Gasteiger partial charge in [0.25, 0.3) is 5.69 Å². The van der Waals surface area contributed by atoms with Crippen molar-refractivity contribution in [2.75, 3.05) is 50.5 Å². The summed E-state index contributed by atoms with van der Waals surface area (Å²) in [5.41, 5.74) is 1.46. The second-order valence-electron chi connectivity index (χ2n) is 7.33. The highest BCUT2D eigenvalue weighted by Crippen LogP contribution is 2.30. The molecule has 8 nitrogen and oxygen atoms in total. The maximum Gasteiger partial charge on any atom is 0.293 e. The summed E-state index contributed by atoms with van der Waals surface area (Å²) in [5.74, 6) is 0.865. The Balaban J connectivity index is 1.58. The monoisotopic (exact) mass is 420 g/mol. The van der Waals surface area contributed by atoms with E-state index in [0.29, 0.717) is 25.4 Å². The molecule has 29 heavy (non-hydrogen) atoms. The van der Waals surface area contributed by atoms with Gasteiger partial charge in [-0.2, -0.15) is 0 Å². The van der Waals surface area contributed by atoms with E-state index in [4.69, 9.17) is 4.74 Å². The van der Waals surface area contributed by atoms with Crippen molar-refractivity contribution in [2.45, 2.75) is 11.8 Å². The molecule has 1 N–H and O–H groups in total. The van der Waals surface area contributed by atoms with E-state index < -0.39 is 14.8 Å². The number of sulfone groups is 1. The number of aryl methyl sites for hydroxylation is 1. The van der Waals surface area contributed by atoms with Crippen LogP contribution in [0.5, 0.6) is 5.75 Å². The minimum Gasteiger partial charge on any atom is -0.488 e. The summed E-state index contributed by atoms with van der Waals surface area (Å²) >= 11 is 0. The molecule has 1 aliphatic rings. The summed E-state index contributed by atoms with van der Waals surface area (Å²) in [6, 6.07) is 12.1. The molecule has 0 atom stereocenters. The lowest BCUT2D eigenvalue weighted by atomic mass is 10.2. The Morgan fingerprint density at radius 2 is 1.90 bits per heavy atom. The number of hydrogen-bond donors (Lipinski definition) is 1. The topological polar surface area (TPSA) is 94.2 Å². The number of piperazine rings is 1. The minimum atomic E-state index is -3.49. The summed E-state index contributed by atoms with van der Waals surface area (Å²) in [5, 5.41) is 11.5. The molecule has 0 aliphatic carbocycles. The molecular weight excluding hydrogens is 394 g/mol. The predicted molar refractivity (Wildman–Crippen MR) is 111 cm³/mol. The lowest BCUT2D eigenvalue weighted by Gasteiger charge is -2.33. The number of anilines is 1. The van der Waals surface area contributed by atoms with Crippen LogP contribution in [0, 0.1) is 17.0 Å². The summed E-state index contributed by atoms with van der Waals surface area (Å²) in [6.45, 7) is 6.50. The Morgan fingerprint density at radius 3 is 2.52 bits per heavy atom. The van der Waals surface area contributed by atoms with Crippen LogP contribution < -0.4 is 14.5 Å². The molecular formula is C20H26N3O5S+. The van der Waals surface area contributed by atoms with Crippen LogP contribution in [-0.4, -0.2) is 58.9 Å². The molecule has 0 aromatic heterocycles. The quantitative estimate of drug-likeness (QED) is 0.532. The summed E-state index contributed by atoms with van der Waals surface area (Å²) in [4.78, 5) is 14.3. The fourth-order valence-corrected chi connectivity index (χ4v) is 4.12. The van der Waals surface area contributed by atoms with Gasteiger partial charge in [0.05, 0.1) is 36.0 Å². The number of ether oxygens (including phenoxy) is 1. The van der Waals surface area contributed by atoms with Crippen molar-refractivity contribution in [3.63, 3.8) is 0 Å². The summed E-state index contributed by atoms with van der Waals surface area (Å²) < 4.78 is 29.2. The van der Waals surface area contributed by atoms with E-state index in [1.54, 1.807) is 6.07 Å². The van der Waals surface area contributed by atoms with Gasteiger partial charge in [0.15, 0.2) is 9.84 Å². The predicted octanol–water partition coefficient (Wildman–Crippen LogP) is 1.09. The second kappa shape index (κ2) is 8.79. The molecule has 3 rings (SSSR count). The van der Waals surface area contributed by atoms with Gasteiger partial charge >= 0.3 is 0 Å². The molecule has 1 fully saturated rings. The van der Waals surface area contributed by atoms with Crippen LogP contribution in [0.15, 0.2) is 47.4 Å². The van der Waals surface area contributed by atoms with Crippen LogP contribution in [0.25, 0.3) is 0 Å². The van der Waals surface area contributed by atoms with E-state index in [1.165, 1.54) is 11.0 Å². The fraction of sp³-hybridized carbons (Fsp3) is 0.400. The van der Waals surface area contributed by atoms with Crippen LogP contribution in [0.1, 0.15) is 5.56 Å². The van der Waals surface area contributed by atoms with Gasteiger partial charge in [0.2, 0.25) is 0 Å². The average molecular weight is 421 g/mol. The normalized spacial score (nSPS) is 15.3. The lowest BCUT2D eigenvalue weighted by Crippen LogP contribution is -3.15. The maximum absolute atomic E-state index is 11.7. The average Bonchev–Trinajstić information content (AvgIpc) is 2.67. The van der Waals surface area contributed by atoms with Crippen molar-refractivity contribution in [3.8, 4) is 5.75 Å². The summed E-state index contributed by atoms with van der Waals surface area (Å²) in [6.07, 6.45) is 1.05. The smallest absolute Gasteiger partial charge is 0.293 e. The molecule has 0 bridgehead atoms. The van der Waals surface area contributed by atoms with E-state index in [1.807, 2.05) is 36.1 Å². The van der Waals surface area contributed by atoms with Crippen LogP contribution in [0.3, 0.4) is 0 Å². The molecule has 0 spiro atoms. The highest BCUT2D eigenvalue weighted by molar-refractivity contribution is 7.90. The third-order valence-corrected chi connectivity index (χ3v) is 6.21. The van der Waals surface area contributed by atoms with Crippen LogP contribution in [0.4, 0.5) is 11.4 Å². The maximum atomic E-state index is 11.7. The number of nitrogens with one attached hydrogen (secondary N) is 1. The molecule has 0 unspecified atom stereocenters. The standard InChI is InChI=1S/C20H25N3O5S/c1-16-4-3-5-17(14-16)28-13-12-21-8-10-22(11-9-21)19-7-6-18(29(2,26)27)15-20(19)23(24)25/h3-7,14-15H,8-13H2,1-2H3/p+1. The Labute approximate surface area is 170 Å². The molecule has 2 aromatic rings. The van der Waals surface area contributed by atoms with Gasteiger partial charge in [-0.3, -0.25) is 10.1 Å². The fourth-order valence-electron chi connectivity index (χ4n) is 3.48. The van der Waals surface area contributed by atoms with E-state index in [0.717, 1.165) is 43.3 Å². The molecule has 156 valence electrons. The van der Waals surface area contributed by atoms with E-state index >= 15 is 0 Å². The van der Waals surface area contributed by atoms with Crippen LogP contribution in [0.2, 0.25) is 0 Å². The number of benzene rings is 2. The molecule has 1 saturated heterocycles. The van der Waals surface area contributed by atoms with Crippen molar-refractivity contribution < 1.29 is 23.0 Å². The Hall–Kier alpha value is -2.65. The largest absolute Gasteiger partial charge is 0.488 e. The highest BCUT2D eigenvalue weighted by atomic mass is 32.2. The second-order valence-corrected chi connectivity index (χ2v) is 9.35. The first kappa shape index (κ1) is 21.1. The van der Waals surface area contributed by atoms with Crippen molar-refractivity contribution in [1.29, 1.82) is 0 Å². The Kier molecular flexibility index (Phi) is 6.39. The zero-order valence-electron chi connectivity index (χ0n) is 16.6. The zero-order valence-corrected chi connectivity index (χ0v) is 17.4. The minimum absolute atomic E-state index is 0.0366. The number of nitrogens with zero attached hydrogens (tertiary/aromatic N) is 2. The molecule has 0 amide bonds. The molecule has 9 heteroatoms. The number of quaternary nitrogens is 1. The van der Waals surface area contributed by atoms with E-state index in [-0.39, 0.29) is 10.6 Å². The van der Waals surface area contributed by atoms with Gasteiger partial charge in [-0.1, -0.05) is 12.1 Å². The van der Waals surface area contributed by atoms with Gasteiger partial charge in [0.1, 0.15) is 24.6 Å². The van der Waals surface area contributed by atoms with Crippen molar-refractivity contribution >= 4 is 21.2 Å². The van der Waals surface area contributed by atoms with Crippen LogP contribution >= 0.6 is 0 Å². The first-order valence-corrected chi connectivity index (χ1v) is 11.4. The highest BCUT2D eigenvalue weighted by Gasteiger charge is 2.27. The SMILES string of the molecule is Cc1cccc(OCC[NH+]2CCN(c3ccc(S(C)(=O)=O)cc3[N+](=O)[O-])CC2)c1. The lowest BCUT2D eigenvalue weighted by molar-refractivity contribution is -0.900. The molecule has 2 aromatic carbocycles. The van der Waals surface area contributed by atoms with Gasteiger partial charge in [0, 0.05) is 12.3 Å². The number of rotatable bonds is 7. The number of hydrogen-bond acceptors (Lipinski definition) is 6. The van der Waals surface area contributed by atoms with Gasteiger partial charge in [-0.25, -0.2) is 8.42 Å². The Bertz CT molecular complexity index is 985. The third-order valence-electron chi connectivity index (χ3n) is 5.10. The van der Waals surface area contributed by atoms with Gasteiger partial charge < -0.3 is 14.5 Å². The molecule has 1 aliphatic heterocycles. The molecule has 0 radical (unpaired) electrons. The molecule has 1 heterocycles.